The van der Waals surface area contributed by atoms with Crippen LogP contribution in [0.3, 0.4) is 0 Å². The molecule has 176 valence electrons. The largest absolute Gasteiger partial charge is 0.503 e. The zero-order valence-electron chi connectivity index (χ0n) is 18.1. The number of halogens is 2. The van der Waals surface area contributed by atoms with Crippen LogP contribution < -0.4 is 10.7 Å². The predicted octanol–water partition coefficient (Wildman–Crippen LogP) is 2.52. The number of aromatic hydroxyl groups is 1. The predicted molar refractivity (Wildman–Crippen MR) is 114 cm³/mol. The number of nitrogens with zero attached hydrogens (tertiary/aromatic N) is 2. The molecule has 10 heteroatoms. The van der Waals surface area contributed by atoms with E-state index in [4.69, 9.17) is 4.74 Å². The van der Waals surface area contributed by atoms with Crippen molar-refractivity contribution in [2.24, 2.45) is 0 Å². The summed E-state index contributed by atoms with van der Waals surface area (Å²) >= 11 is 0. The molecule has 1 aromatic carbocycles. The fourth-order valence-electron chi connectivity index (χ4n) is 4.32. The van der Waals surface area contributed by atoms with E-state index in [2.05, 4.69) is 5.32 Å². The van der Waals surface area contributed by atoms with Gasteiger partial charge in [-0.15, -0.1) is 0 Å². The number of amides is 2. The Hall–Kier alpha value is -3.27. The summed E-state index contributed by atoms with van der Waals surface area (Å²) in [5.74, 6) is -3.78. The van der Waals surface area contributed by atoms with E-state index < -0.39 is 46.4 Å². The first-order valence-electron chi connectivity index (χ1n) is 10.9. The number of carbonyl (C=O) groups excluding carboxylic acids is 2. The van der Waals surface area contributed by atoms with E-state index in [0.717, 1.165) is 31.7 Å². The van der Waals surface area contributed by atoms with Crippen LogP contribution in [-0.4, -0.2) is 45.3 Å². The highest BCUT2D eigenvalue weighted by Gasteiger charge is 2.39. The highest BCUT2D eigenvalue weighted by molar-refractivity contribution is 5.99. The molecule has 0 radical (unpaired) electrons. The van der Waals surface area contributed by atoms with Gasteiger partial charge in [0.1, 0.15) is 17.2 Å². The third-order valence-corrected chi connectivity index (χ3v) is 6.11. The van der Waals surface area contributed by atoms with Crippen LogP contribution in [0.1, 0.15) is 59.0 Å². The van der Waals surface area contributed by atoms with Gasteiger partial charge in [0.15, 0.2) is 17.7 Å². The van der Waals surface area contributed by atoms with Crippen molar-refractivity contribution in [3.8, 4) is 5.75 Å². The summed E-state index contributed by atoms with van der Waals surface area (Å²) in [5, 5.41) is 13.0. The van der Waals surface area contributed by atoms with Crippen molar-refractivity contribution < 1.29 is 28.2 Å². The summed E-state index contributed by atoms with van der Waals surface area (Å²) < 4.78 is 34.2. The second-order valence-corrected chi connectivity index (χ2v) is 8.38. The summed E-state index contributed by atoms with van der Waals surface area (Å²) in [4.78, 5) is 40.2. The van der Waals surface area contributed by atoms with Gasteiger partial charge in [0.2, 0.25) is 5.43 Å². The maximum Gasteiger partial charge on any atom is 0.276 e. The lowest BCUT2D eigenvalue weighted by Crippen LogP contribution is -2.54. The van der Waals surface area contributed by atoms with E-state index in [0.29, 0.717) is 12.7 Å². The number of carbonyl (C=O) groups is 2. The van der Waals surface area contributed by atoms with Crippen molar-refractivity contribution in [2.75, 3.05) is 6.61 Å². The quantitative estimate of drug-likeness (QED) is 0.732. The van der Waals surface area contributed by atoms with Gasteiger partial charge in [0, 0.05) is 37.0 Å². The van der Waals surface area contributed by atoms with E-state index in [1.54, 1.807) is 4.90 Å². The first-order valence-corrected chi connectivity index (χ1v) is 10.9. The number of hydrogen-bond donors (Lipinski definition) is 2. The molecule has 8 nitrogen and oxygen atoms in total. The van der Waals surface area contributed by atoms with Crippen molar-refractivity contribution >= 4 is 11.8 Å². The number of benzene rings is 1. The summed E-state index contributed by atoms with van der Waals surface area (Å²) in [7, 11) is 0. The number of nitrogens with one attached hydrogen (secondary N) is 1. The number of aromatic nitrogens is 1. The van der Waals surface area contributed by atoms with Crippen LogP contribution in [0.2, 0.25) is 0 Å². The molecule has 2 N–H and O–H groups in total. The molecule has 0 aliphatic carbocycles. The molecule has 1 unspecified atom stereocenters. The molecular formula is C23H25F2N3O5. The van der Waals surface area contributed by atoms with E-state index in [1.807, 2.05) is 6.92 Å². The SMILES string of the molecule is C[C@H]1CCCCCOC2Cn3cc(C(=O)NCc4ccc(F)cc4F)c(=O)c(O)c3C(=O)N21. The van der Waals surface area contributed by atoms with Gasteiger partial charge < -0.3 is 24.6 Å². The Labute approximate surface area is 188 Å². The van der Waals surface area contributed by atoms with Gasteiger partial charge in [-0.25, -0.2) is 8.78 Å². The van der Waals surface area contributed by atoms with Gasteiger partial charge in [-0.05, 0) is 25.8 Å². The Morgan fingerprint density at radius 3 is 2.79 bits per heavy atom. The monoisotopic (exact) mass is 461 g/mol. The van der Waals surface area contributed by atoms with Gasteiger partial charge in [-0.2, -0.15) is 0 Å². The first kappa shape index (κ1) is 22.9. The second kappa shape index (κ2) is 9.30. The molecule has 2 amide bonds. The number of fused-ring (bicyclic) bond motifs is 2. The van der Waals surface area contributed by atoms with Crippen molar-refractivity contribution in [3.63, 3.8) is 0 Å². The summed E-state index contributed by atoms with van der Waals surface area (Å²) in [6.45, 7) is 2.23. The van der Waals surface area contributed by atoms with Crippen LogP contribution in [0.4, 0.5) is 8.78 Å². The normalized spacial score (nSPS) is 20.8. The highest BCUT2D eigenvalue weighted by atomic mass is 19.1. The molecule has 0 spiro atoms. The van der Waals surface area contributed by atoms with Crippen LogP contribution in [0, 0.1) is 11.6 Å². The molecule has 1 fully saturated rings. The van der Waals surface area contributed by atoms with E-state index in [1.165, 1.54) is 16.8 Å². The van der Waals surface area contributed by atoms with Gasteiger partial charge >= 0.3 is 0 Å². The lowest BCUT2D eigenvalue weighted by atomic mass is 10.1. The smallest absolute Gasteiger partial charge is 0.276 e. The molecular weight excluding hydrogens is 436 g/mol. The molecule has 0 bridgehead atoms. The molecule has 3 heterocycles. The summed E-state index contributed by atoms with van der Waals surface area (Å²) in [6.07, 6.45) is 4.17. The average Bonchev–Trinajstić information content (AvgIpc) is 2.85. The minimum atomic E-state index is -0.997. The van der Waals surface area contributed by atoms with E-state index >= 15 is 0 Å². The highest BCUT2D eigenvalue weighted by Crippen LogP contribution is 2.28. The molecule has 2 aromatic rings. The molecule has 2 aliphatic rings. The van der Waals surface area contributed by atoms with Gasteiger partial charge in [0.25, 0.3) is 11.8 Å². The molecule has 2 aliphatic heterocycles. The van der Waals surface area contributed by atoms with E-state index in [-0.39, 0.29) is 30.4 Å². The van der Waals surface area contributed by atoms with Crippen LogP contribution in [0.15, 0.2) is 29.2 Å². The summed E-state index contributed by atoms with van der Waals surface area (Å²) in [5.41, 5.74) is -1.54. The minimum Gasteiger partial charge on any atom is -0.503 e. The third-order valence-electron chi connectivity index (χ3n) is 6.11. The molecule has 1 saturated heterocycles. The van der Waals surface area contributed by atoms with Crippen LogP contribution >= 0.6 is 0 Å². The Morgan fingerprint density at radius 1 is 1.24 bits per heavy atom. The van der Waals surface area contributed by atoms with Crippen molar-refractivity contribution in [2.45, 2.75) is 58.0 Å². The van der Waals surface area contributed by atoms with Gasteiger partial charge in [-0.1, -0.05) is 18.9 Å². The van der Waals surface area contributed by atoms with Crippen LogP contribution in [-0.2, 0) is 17.8 Å². The van der Waals surface area contributed by atoms with Gasteiger partial charge in [0.05, 0.1) is 6.54 Å². The average molecular weight is 461 g/mol. The fraction of sp³-hybridized carbons (Fsp3) is 0.435. The molecule has 1 aromatic heterocycles. The van der Waals surface area contributed by atoms with Crippen molar-refractivity contribution in [1.82, 2.24) is 14.8 Å². The Balaban J connectivity index is 1.63. The van der Waals surface area contributed by atoms with Crippen LogP contribution in [0.5, 0.6) is 5.75 Å². The Bertz CT molecular complexity index is 1150. The van der Waals surface area contributed by atoms with E-state index in [9.17, 15) is 28.3 Å². The fourth-order valence-corrected chi connectivity index (χ4v) is 4.32. The van der Waals surface area contributed by atoms with Gasteiger partial charge in [-0.3, -0.25) is 14.4 Å². The summed E-state index contributed by atoms with van der Waals surface area (Å²) in [6, 6.07) is 2.79. The minimum absolute atomic E-state index is 0.0332. The maximum absolute atomic E-state index is 13.8. The Morgan fingerprint density at radius 2 is 2.03 bits per heavy atom. The second-order valence-electron chi connectivity index (χ2n) is 8.38. The van der Waals surface area contributed by atoms with Crippen molar-refractivity contribution in [1.29, 1.82) is 0 Å². The zero-order chi connectivity index (χ0) is 23.7. The lowest BCUT2D eigenvalue weighted by molar-refractivity contribution is -0.0737. The zero-order valence-corrected chi connectivity index (χ0v) is 18.1. The topological polar surface area (TPSA) is 101 Å². The third kappa shape index (κ3) is 4.47. The number of rotatable bonds is 3. The molecule has 4 rings (SSSR count). The first-order chi connectivity index (χ1) is 15.8. The van der Waals surface area contributed by atoms with Crippen molar-refractivity contribution in [3.05, 3.63) is 63.1 Å². The number of hydrogen-bond acceptors (Lipinski definition) is 5. The standard InChI is InChI=1S/C23H25F2N3O5/c1-13-5-3-2-4-8-33-18-12-27-11-16(20(29)21(30)19(27)23(32)28(13)18)22(31)26-10-14-6-7-15(24)9-17(14)25/h6-7,9,11,13,18,30H,2-5,8,10,12H2,1H3,(H,26,31)/t13-,18?/m0/s1. The number of pyridine rings is 1. The number of ether oxygens (including phenoxy) is 1. The Kier molecular flexibility index (Phi) is 6.46. The molecule has 2 atom stereocenters. The van der Waals surface area contributed by atoms with Crippen LogP contribution in [0.25, 0.3) is 0 Å². The lowest BCUT2D eigenvalue weighted by Gasteiger charge is -2.40. The maximum atomic E-state index is 13.8. The molecule has 0 saturated carbocycles. The molecule has 33 heavy (non-hydrogen) atoms.